The third kappa shape index (κ3) is 7.53. The lowest BCUT2D eigenvalue weighted by molar-refractivity contribution is -0.143. The van der Waals surface area contributed by atoms with E-state index in [1.807, 2.05) is 59.0 Å². The number of carbonyl (C=O) groups is 4. The molecule has 0 aromatic heterocycles. The Balaban J connectivity index is 1.47. The van der Waals surface area contributed by atoms with Crippen LogP contribution in [-0.2, 0) is 34.7 Å². The van der Waals surface area contributed by atoms with Crippen molar-refractivity contribution in [1.82, 2.24) is 20.3 Å². The zero-order valence-electron chi connectivity index (χ0n) is 27.4. The fraction of sp³-hybridized carbons (Fsp3) is 0.576. The van der Waals surface area contributed by atoms with Gasteiger partial charge in [0.15, 0.2) is 0 Å². The van der Waals surface area contributed by atoms with E-state index in [0.717, 1.165) is 10.8 Å². The number of sulfonamides is 1. The molecular weight excluding hydrogens is 739 g/mol. The molecule has 5 atom stereocenters. The zero-order valence-corrected chi connectivity index (χ0v) is 30.4. The van der Waals surface area contributed by atoms with Crippen LogP contribution < -0.4 is 15.4 Å². The number of hydrogen-bond donors (Lipinski definition) is 4. The van der Waals surface area contributed by atoms with Crippen molar-refractivity contribution in [3.8, 4) is 0 Å². The lowest BCUT2D eigenvalue weighted by Gasteiger charge is -2.36. The average Bonchev–Trinajstić information content (AvgIpc) is 3.88. The summed E-state index contributed by atoms with van der Waals surface area (Å²) in [5, 5.41) is 18.7. The Bertz CT molecular complexity index is 1720. The lowest BCUT2D eigenvalue weighted by atomic mass is 9.85. The topological polar surface area (TPSA) is 171 Å². The van der Waals surface area contributed by atoms with E-state index < -0.39 is 73.3 Å². The van der Waals surface area contributed by atoms with Crippen molar-refractivity contribution in [2.45, 2.75) is 105 Å². The molecule has 2 aliphatic carbocycles. The van der Waals surface area contributed by atoms with Crippen LogP contribution in [0.25, 0.3) is 10.8 Å². The summed E-state index contributed by atoms with van der Waals surface area (Å²) in [6, 6.07) is 10.6. The highest BCUT2D eigenvalue weighted by Crippen LogP contribution is 2.45. The molecule has 256 valence electrons. The minimum Gasteiger partial charge on any atom is -0.444 e. The molecule has 0 radical (unpaired) electrons. The van der Waals surface area contributed by atoms with Crippen LogP contribution in [0, 0.1) is 5.41 Å². The highest BCUT2D eigenvalue weighted by Gasteiger charge is 2.63. The number of ether oxygens (including phenoxy) is 1. The number of aliphatic hydroxyl groups is 1. The number of nitrogens with one attached hydrogen (secondary N) is 3. The van der Waals surface area contributed by atoms with Crippen LogP contribution in [0.15, 0.2) is 42.5 Å². The molecule has 5 rings (SSSR count). The highest BCUT2D eigenvalue weighted by atomic mass is 127. The Morgan fingerprint density at radius 3 is 2.17 bits per heavy atom. The Morgan fingerprint density at radius 1 is 1.00 bits per heavy atom. The molecule has 4 amide bonds. The first-order valence-electron chi connectivity index (χ1n) is 15.7. The normalized spacial score (nSPS) is 26.8. The maximum atomic E-state index is 14.4. The van der Waals surface area contributed by atoms with Crippen LogP contribution in [-0.4, -0.2) is 81.2 Å². The van der Waals surface area contributed by atoms with E-state index >= 15 is 0 Å². The maximum absolute atomic E-state index is 14.4. The number of alkyl carbamates (subject to hydrolysis) is 1. The summed E-state index contributed by atoms with van der Waals surface area (Å²) in [6.07, 6.45) is 0.124. The molecule has 1 aliphatic heterocycles. The molecule has 4 N–H and O–H groups in total. The summed E-state index contributed by atoms with van der Waals surface area (Å²) < 4.78 is 32.3. The van der Waals surface area contributed by atoms with E-state index in [-0.39, 0.29) is 23.3 Å². The second-order valence-electron chi connectivity index (χ2n) is 15.0. The quantitative estimate of drug-likeness (QED) is 0.234. The second kappa shape index (κ2) is 12.2. The van der Waals surface area contributed by atoms with E-state index in [4.69, 9.17) is 4.74 Å². The lowest BCUT2D eigenvalue weighted by Crippen LogP contribution is -2.60. The van der Waals surface area contributed by atoms with Crippen molar-refractivity contribution in [2.75, 3.05) is 6.54 Å². The van der Waals surface area contributed by atoms with Crippen LogP contribution in [0.5, 0.6) is 0 Å². The summed E-state index contributed by atoms with van der Waals surface area (Å²) in [4.78, 5) is 55.9. The number of likely N-dealkylation sites (tertiary alicyclic amines) is 1. The average molecular weight is 783 g/mol. The van der Waals surface area contributed by atoms with Crippen molar-refractivity contribution in [2.24, 2.45) is 5.41 Å². The predicted octanol–water partition coefficient (Wildman–Crippen LogP) is 3.24. The first kappa shape index (κ1) is 35.3. The third-order valence-electron chi connectivity index (χ3n) is 8.81. The number of β-amino-alcohol motifs (C(OH)–C–C–N with tert-alkyl or cyclic N) is 1. The molecule has 0 bridgehead atoms. The van der Waals surface area contributed by atoms with Gasteiger partial charge < -0.3 is 25.4 Å². The van der Waals surface area contributed by atoms with E-state index in [1.165, 1.54) is 4.90 Å². The van der Waals surface area contributed by atoms with Gasteiger partial charge in [-0.1, -0.05) is 79.8 Å². The van der Waals surface area contributed by atoms with Crippen molar-refractivity contribution >= 4 is 67.2 Å². The Morgan fingerprint density at radius 2 is 1.62 bits per heavy atom. The summed E-state index contributed by atoms with van der Waals surface area (Å²) in [5.41, 5.74) is -4.31. The smallest absolute Gasteiger partial charge is 0.408 e. The van der Waals surface area contributed by atoms with Gasteiger partial charge in [0.2, 0.25) is 21.8 Å². The minimum atomic E-state index is -3.87. The van der Waals surface area contributed by atoms with Crippen molar-refractivity contribution in [3.05, 3.63) is 48.0 Å². The van der Waals surface area contributed by atoms with Crippen LogP contribution in [0.3, 0.4) is 0 Å². The number of rotatable bonds is 8. The molecule has 1 heterocycles. The molecular formula is C33H43IN4O8S. The van der Waals surface area contributed by atoms with E-state index in [0.29, 0.717) is 18.4 Å². The first-order chi connectivity index (χ1) is 21.7. The fourth-order valence-electron chi connectivity index (χ4n) is 5.91. The van der Waals surface area contributed by atoms with Gasteiger partial charge in [-0.15, -0.1) is 0 Å². The monoisotopic (exact) mass is 782 g/mol. The second-order valence-corrected chi connectivity index (χ2v) is 18.5. The van der Waals surface area contributed by atoms with Gasteiger partial charge >= 0.3 is 6.09 Å². The van der Waals surface area contributed by atoms with Gasteiger partial charge in [0.25, 0.3) is 5.91 Å². The van der Waals surface area contributed by atoms with Gasteiger partial charge in [-0.05, 0) is 67.9 Å². The van der Waals surface area contributed by atoms with Crippen molar-refractivity contribution in [3.63, 3.8) is 0 Å². The summed E-state index contributed by atoms with van der Waals surface area (Å²) in [7, 11) is -3.87. The molecule has 3 fully saturated rings. The standard InChI is InChI=1S/C33H43IN4O8S/c1-30(2,3)25(35-29(42)46-31(4,5)6)27(40)38-18-32(43,21-12-11-19-9-7-8-10-20(19)15-21)16-23(38)26(39)36-33(17-24(33)34)28(41)37-47(44,45)22-13-14-22/h7-12,15,22-25,43H,13-14,16-18H2,1-6H3,(H,35,42)(H,36,39)(H,37,41)/t23-,24+,25?,32-,33+/m0/s1. The number of carbonyl (C=O) groups excluding carboxylic acids is 4. The van der Waals surface area contributed by atoms with Crippen molar-refractivity contribution < 1.29 is 37.4 Å². The molecule has 12 nitrogen and oxygen atoms in total. The maximum Gasteiger partial charge on any atom is 0.408 e. The number of nitrogens with zero attached hydrogens (tertiary/aromatic N) is 1. The largest absolute Gasteiger partial charge is 0.444 e. The molecule has 2 aromatic carbocycles. The van der Waals surface area contributed by atoms with Gasteiger partial charge in [-0.25, -0.2) is 13.2 Å². The Kier molecular flexibility index (Phi) is 9.14. The third-order valence-corrected chi connectivity index (χ3v) is 12.1. The van der Waals surface area contributed by atoms with Gasteiger partial charge in [0.1, 0.15) is 28.8 Å². The summed E-state index contributed by atoms with van der Waals surface area (Å²) in [6.45, 7) is 10.1. The van der Waals surface area contributed by atoms with Crippen molar-refractivity contribution in [1.29, 1.82) is 0 Å². The molecule has 14 heteroatoms. The molecule has 2 aromatic rings. The summed E-state index contributed by atoms with van der Waals surface area (Å²) >= 11 is 1.99. The Labute approximate surface area is 288 Å². The molecule has 47 heavy (non-hydrogen) atoms. The van der Waals surface area contributed by atoms with E-state index in [2.05, 4.69) is 15.4 Å². The van der Waals surface area contributed by atoms with Gasteiger partial charge in [0.05, 0.1) is 11.8 Å². The predicted molar refractivity (Wildman–Crippen MR) is 184 cm³/mol. The zero-order chi connectivity index (χ0) is 34.7. The SMILES string of the molecule is CC(C)(C)OC(=O)NC(C(=O)N1C[C@](O)(c2ccc3ccccc3c2)C[C@H]1C(=O)N[C@]1(C(=O)NS(=O)(=O)C2CC2)C[C@H]1I)C(C)(C)C. The van der Waals surface area contributed by atoms with Crippen LogP contribution in [0.1, 0.15) is 72.8 Å². The first-order valence-corrected chi connectivity index (χ1v) is 18.5. The number of fused-ring (bicyclic) bond motifs is 1. The molecule has 1 unspecified atom stereocenters. The highest BCUT2D eigenvalue weighted by molar-refractivity contribution is 14.1. The van der Waals surface area contributed by atoms with Gasteiger partial charge in [-0.3, -0.25) is 19.1 Å². The van der Waals surface area contributed by atoms with E-state index in [9.17, 15) is 32.7 Å². The van der Waals surface area contributed by atoms with E-state index in [1.54, 1.807) is 47.6 Å². The molecule has 2 saturated carbocycles. The van der Waals surface area contributed by atoms with Crippen LogP contribution >= 0.6 is 22.6 Å². The number of benzene rings is 2. The molecule has 0 spiro atoms. The molecule has 3 aliphatic rings. The number of hydrogen-bond acceptors (Lipinski definition) is 8. The molecule has 1 saturated heterocycles. The number of amides is 4. The van der Waals surface area contributed by atoms with Crippen LogP contribution in [0.2, 0.25) is 0 Å². The van der Waals surface area contributed by atoms with Gasteiger partial charge in [0, 0.05) is 10.3 Å². The Hall–Kier alpha value is -2.98. The minimum absolute atomic E-state index is 0.198. The fourth-order valence-corrected chi connectivity index (χ4v) is 8.41. The van der Waals surface area contributed by atoms with Gasteiger partial charge in [-0.2, -0.15) is 0 Å². The van der Waals surface area contributed by atoms with Crippen LogP contribution in [0.4, 0.5) is 4.79 Å². The summed E-state index contributed by atoms with van der Waals surface area (Å²) in [5.74, 6) is -2.15. The number of halogens is 1. The number of alkyl halides is 1.